The molecule has 1 aliphatic rings. The highest BCUT2D eigenvalue weighted by Gasteiger charge is 2.21. The summed E-state index contributed by atoms with van der Waals surface area (Å²) in [6.45, 7) is 4.68. The molecule has 1 aromatic carbocycles. The number of rotatable bonds is 2. The molecule has 1 fully saturated rings. The van der Waals surface area contributed by atoms with Gasteiger partial charge in [-0.05, 0) is 19.1 Å². The third-order valence-corrected chi connectivity index (χ3v) is 3.44. The summed E-state index contributed by atoms with van der Waals surface area (Å²) in [4.78, 5) is 4.51. The van der Waals surface area contributed by atoms with E-state index in [1.54, 1.807) is 6.07 Å². The average molecular weight is 284 g/mol. The van der Waals surface area contributed by atoms with Gasteiger partial charge in [0.25, 0.3) is 0 Å². The number of imidazole rings is 1. The van der Waals surface area contributed by atoms with Gasteiger partial charge in [0.1, 0.15) is 11.6 Å². The third-order valence-electron chi connectivity index (χ3n) is 3.24. The molecule has 2 heterocycles. The van der Waals surface area contributed by atoms with E-state index in [1.165, 1.54) is 12.1 Å². The van der Waals surface area contributed by atoms with Gasteiger partial charge in [-0.3, -0.25) is 0 Å². The first kappa shape index (κ1) is 12.7. The fourth-order valence-corrected chi connectivity index (χ4v) is 2.50. The van der Waals surface area contributed by atoms with Crippen LogP contribution >= 0.6 is 11.6 Å². The van der Waals surface area contributed by atoms with Gasteiger partial charge in [0.05, 0.1) is 42.7 Å². The Morgan fingerprint density at radius 2 is 2.11 bits per heavy atom. The van der Waals surface area contributed by atoms with Crippen LogP contribution in [-0.2, 0) is 4.74 Å². The molecule has 0 N–H and O–H groups in total. The van der Waals surface area contributed by atoms with Gasteiger partial charge in [0.15, 0.2) is 0 Å². The summed E-state index contributed by atoms with van der Waals surface area (Å²) in [6, 6.07) is 4.60. The van der Waals surface area contributed by atoms with Gasteiger partial charge in [-0.1, -0.05) is 0 Å². The van der Waals surface area contributed by atoms with Gasteiger partial charge >= 0.3 is 0 Å². The fraction of sp³-hybridized carbons (Fsp3) is 0.462. The summed E-state index contributed by atoms with van der Waals surface area (Å²) in [6.07, 6.45) is 0. The van der Waals surface area contributed by atoms with Crippen molar-refractivity contribution >= 4 is 22.6 Å². The van der Waals surface area contributed by atoms with Crippen molar-refractivity contribution in [3.8, 4) is 0 Å². The molecule has 4 nitrogen and oxygen atoms in total. The standard InChI is InChI=1S/C13H15ClFN3O/c1-9(14)13-16-11-3-2-10(15)8-12(11)18(13)17-4-6-19-7-5-17/h2-3,8-9H,4-7H2,1H3. The molecule has 0 aliphatic carbocycles. The zero-order valence-corrected chi connectivity index (χ0v) is 11.4. The number of halogens is 2. The number of hydrogen-bond acceptors (Lipinski definition) is 3. The minimum Gasteiger partial charge on any atom is -0.378 e. The Balaban J connectivity index is 2.17. The van der Waals surface area contributed by atoms with E-state index in [-0.39, 0.29) is 11.2 Å². The van der Waals surface area contributed by atoms with Gasteiger partial charge in [-0.25, -0.2) is 14.1 Å². The fourth-order valence-electron chi connectivity index (χ4n) is 2.36. The summed E-state index contributed by atoms with van der Waals surface area (Å²) < 4.78 is 20.8. The molecule has 1 atom stereocenters. The Labute approximate surface area is 115 Å². The average Bonchev–Trinajstić information content (AvgIpc) is 2.78. The quantitative estimate of drug-likeness (QED) is 0.793. The number of aromatic nitrogens is 2. The molecule has 6 heteroatoms. The second-order valence-corrected chi connectivity index (χ2v) is 5.25. The van der Waals surface area contributed by atoms with Crippen molar-refractivity contribution in [2.45, 2.75) is 12.3 Å². The first-order chi connectivity index (χ1) is 9.16. The number of alkyl halides is 1. The monoisotopic (exact) mass is 283 g/mol. The molecule has 2 aromatic rings. The molecule has 0 amide bonds. The van der Waals surface area contributed by atoms with Crippen LogP contribution in [0, 0.1) is 5.82 Å². The summed E-state index contributed by atoms with van der Waals surface area (Å²) in [5.74, 6) is 0.472. The van der Waals surface area contributed by atoms with Crippen LogP contribution in [0.2, 0.25) is 0 Å². The van der Waals surface area contributed by atoms with E-state index in [1.807, 2.05) is 11.6 Å². The van der Waals surface area contributed by atoms with Crippen LogP contribution in [0.3, 0.4) is 0 Å². The van der Waals surface area contributed by atoms with Crippen molar-refractivity contribution in [1.29, 1.82) is 0 Å². The highest BCUT2D eigenvalue weighted by Crippen LogP contribution is 2.25. The first-order valence-corrected chi connectivity index (χ1v) is 6.75. The number of ether oxygens (including phenoxy) is 1. The van der Waals surface area contributed by atoms with E-state index in [4.69, 9.17) is 16.3 Å². The Kier molecular flexibility index (Phi) is 3.33. The van der Waals surface area contributed by atoms with Gasteiger partial charge in [0.2, 0.25) is 0 Å². The zero-order chi connectivity index (χ0) is 13.4. The van der Waals surface area contributed by atoms with Gasteiger partial charge in [-0.15, -0.1) is 11.6 Å². The Hall–Kier alpha value is -1.33. The molecule has 1 aliphatic heterocycles. The minimum absolute atomic E-state index is 0.238. The maximum Gasteiger partial charge on any atom is 0.146 e. The number of fused-ring (bicyclic) bond motifs is 1. The second kappa shape index (κ2) is 4.98. The molecule has 0 radical (unpaired) electrons. The van der Waals surface area contributed by atoms with E-state index < -0.39 is 0 Å². The van der Waals surface area contributed by atoms with E-state index in [2.05, 4.69) is 9.99 Å². The van der Waals surface area contributed by atoms with Gasteiger partial charge in [0, 0.05) is 6.07 Å². The number of morpholine rings is 1. The van der Waals surface area contributed by atoms with Crippen molar-refractivity contribution in [2.75, 3.05) is 31.3 Å². The summed E-state index contributed by atoms with van der Waals surface area (Å²) >= 11 is 6.20. The second-order valence-electron chi connectivity index (χ2n) is 4.60. The minimum atomic E-state index is -0.268. The molecule has 0 bridgehead atoms. The van der Waals surface area contributed by atoms with Crippen LogP contribution < -0.4 is 5.01 Å². The molecule has 1 unspecified atom stereocenters. The normalized spacial score (nSPS) is 17.9. The Bertz CT molecular complexity index is 593. The Morgan fingerprint density at radius 3 is 2.79 bits per heavy atom. The molecule has 1 aromatic heterocycles. The van der Waals surface area contributed by atoms with Crippen LogP contribution in [0.5, 0.6) is 0 Å². The van der Waals surface area contributed by atoms with Crippen LogP contribution in [0.25, 0.3) is 11.0 Å². The van der Waals surface area contributed by atoms with E-state index in [0.29, 0.717) is 13.2 Å². The predicted octanol–water partition coefficient (Wildman–Crippen LogP) is 2.44. The smallest absolute Gasteiger partial charge is 0.146 e. The SMILES string of the molecule is CC(Cl)c1nc2ccc(F)cc2n1N1CCOCC1. The lowest BCUT2D eigenvalue weighted by Gasteiger charge is -2.31. The molecule has 102 valence electrons. The topological polar surface area (TPSA) is 30.3 Å². The third kappa shape index (κ3) is 2.28. The highest BCUT2D eigenvalue weighted by atomic mass is 35.5. The lowest BCUT2D eigenvalue weighted by Crippen LogP contribution is -2.44. The van der Waals surface area contributed by atoms with Crippen LogP contribution in [0.15, 0.2) is 18.2 Å². The van der Waals surface area contributed by atoms with Crippen molar-refractivity contribution in [1.82, 2.24) is 9.66 Å². The summed E-state index contributed by atoms with van der Waals surface area (Å²) in [7, 11) is 0. The first-order valence-electron chi connectivity index (χ1n) is 6.32. The predicted molar refractivity (Wildman–Crippen MR) is 72.7 cm³/mol. The van der Waals surface area contributed by atoms with Crippen LogP contribution in [0.1, 0.15) is 18.1 Å². The van der Waals surface area contributed by atoms with Crippen LogP contribution in [-0.4, -0.2) is 36.0 Å². The summed E-state index contributed by atoms with van der Waals surface area (Å²) in [5.41, 5.74) is 1.51. The van der Waals surface area contributed by atoms with Crippen LogP contribution in [0.4, 0.5) is 4.39 Å². The van der Waals surface area contributed by atoms with Crippen molar-refractivity contribution in [3.63, 3.8) is 0 Å². The molecule has 19 heavy (non-hydrogen) atoms. The molecular formula is C13H15ClFN3O. The molecular weight excluding hydrogens is 269 g/mol. The Morgan fingerprint density at radius 1 is 1.37 bits per heavy atom. The maximum absolute atomic E-state index is 13.5. The van der Waals surface area contributed by atoms with Crippen molar-refractivity contribution < 1.29 is 9.13 Å². The zero-order valence-electron chi connectivity index (χ0n) is 10.6. The van der Waals surface area contributed by atoms with E-state index in [9.17, 15) is 4.39 Å². The van der Waals surface area contributed by atoms with Crippen molar-refractivity contribution in [3.05, 3.63) is 29.8 Å². The molecule has 3 rings (SSSR count). The van der Waals surface area contributed by atoms with Gasteiger partial charge < -0.3 is 9.75 Å². The van der Waals surface area contributed by atoms with Crippen molar-refractivity contribution in [2.24, 2.45) is 0 Å². The number of nitrogens with zero attached hydrogens (tertiary/aromatic N) is 3. The maximum atomic E-state index is 13.5. The van der Waals surface area contributed by atoms with E-state index in [0.717, 1.165) is 29.9 Å². The number of hydrogen-bond donors (Lipinski definition) is 0. The molecule has 0 saturated carbocycles. The number of benzene rings is 1. The summed E-state index contributed by atoms with van der Waals surface area (Å²) in [5, 5.41) is 1.87. The highest BCUT2D eigenvalue weighted by molar-refractivity contribution is 6.20. The van der Waals surface area contributed by atoms with E-state index >= 15 is 0 Å². The largest absolute Gasteiger partial charge is 0.378 e. The lowest BCUT2D eigenvalue weighted by atomic mass is 10.3. The van der Waals surface area contributed by atoms with Gasteiger partial charge in [-0.2, -0.15) is 0 Å². The molecule has 0 spiro atoms. The lowest BCUT2D eigenvalue weighted by molar-refractivity contribution is 0.111. The molecule has 1 saturated heterocycles.